The van der Waals surface area contributed by atoms with Crippen LogP contribution < -0.4 is 4.90 Å². The molecule has 1 amide bonds. The van der Waals surface area contributed by atoms with Crippen LogP contribution in [0.4, 0.5) is 5.69 Å². The third-order valence-electron chi connectivity index (χ3n) is 8.22. The molecule has 0 aliphatic carbocycles. The Morgan fingerprint density at radius 2 is 1.42 bits per heavy atom. The molecule has 38 heavy (non-hydrogen) atoms. The molecule has 0 radical (unpaired) electrons. The Labute approximate surface area is 230 Å². The highest BCUT2D eigenvalue weighted by molar-refractivity contribution is 5.96. The van der Waals surface area contributed by atoms with E-state index in [-0.39, 0.29) is 11.8 Å². The molecule has 2 heterocycles. The quantitative estimate of drug-likeness (QED) is 0.168. The fraction of sp³-hybridized carbons (Fsp3) is 0.588. The molecule has 1 aliphatic rings. The van der Waals surface area contributed by atoms with Crippen molar-refractivity contribution in [2.75, 3.05) is 11.4 Å². The van der Waals surface area contributed by atoms with Gasteiger partial charge in [0.05, 0.1) is 11.0 Å². The normalized spacial score (nSPS) is 15.7. The second-order valence-electron chi connectivity index (χ2n) is 11.5. The van der Waals surface area contributed by atoms with Crippen LogP contribution in [0.15, 0.2) is 48.5 Å². The molecule has 0 bridgehead atoms. The number of benzene rings is 2. The van der Waals surface area contributed by atoms with Gasteiger partial charge in [-0.2, -0.15) is 0 Å². The standard InChI is InChI=1S/C34H49N3O/c1-3-4-5-6-7-8-9-10-11-12-13-14-15-18-24-36-32-23-17-16-22-31(32)35-34(36)29-26-33(38)37(27-29)30-21-19-20-28(2)25-30/h16-17,19-23,25,29H,3-15,18,24,26-27H2,1-2H3/t29-/m1/s1. The Morgan fingerprint density at radius 3 is 2.08 bits per heavy atom. The van der Waals surface area contributed by atoms with Crippen LogP contribution in [0.5, 0.6) is 0 Å². The molecular weight excluding hydrogens is 466 g/mol. The van der Waals surface area contributed by atoms with Crippen molar-refractivity contribution in [2.24, 2.45) is 0 Å². The minimum absolute atomic E-state index is 0.141. The zero-order valence-corrected chi connectivity index (χ0v) is 24.0. The smallest absolute Gasteiger partial charge is 0.227 e. The summed E-state index contributed by atoms with van der Waals surface area (Å²) in [6.07, 6.45) is 19.8. The zero-order valence-electron chi connectivity index (χ0n) is 24.0. The first-order chi connectivity index (χ1) is 18.7. The molecule has 0 saturated carbocycles. The molecule has 3 aromatic rings. The van der Waals surface area contributed by atoms with Gasteiger partial charge in [0.1, 0.15) is 5.82 Å². The third kappa shape index (κ3) is 7.94. The minimum Gasteiger partial charge on any atom is -0.328 e. The molecule has 0 unspecified atom stereocenters. The number of carbonyl (C=O) groups is 1. The van der Waals surface area contributed by atoms with Gasteiger partial charge in [-0.1, -0.05) is 115 Å². The number of anilines is 1. The van der Waals surface area contributed by atoms with Crippen molar-refractivity contribution in [3.05, 3.63) is 59.9 Å². The van der Waals surface area contributed by atoms with Crippen LogP contribution in [-0.4, -0.2) is 22.0 Å². The maximum atomic E-state index is 13.0. The lowest BCUT2D eigenvalue weighted by atomic mass is 10.0. The summed E-state index contributed by atoms with van der Waals surface area (Å²) in [7, 11) is 0. The topological polar surface area (TPSA) is 38.1 Å². The molecule has 4 rings (SSSR count). The molecule has 2 aromatic carbocycles. The number of rotatable bonds is 17. The van der Waals surface area contributed by atoms with E-state index < -0.39 is 0 Å². The van der Waals surface area contributed by atoms with Crippen LogP contribution in [0.25, 0.3) is 11.0 Å². The van der Waals surface area contributed by atoms with Gasteiger partial charge in [0.25, 0.3) is 0 Å². The van der Waals surface area contributed by atoms with E-state index >= 15 is 0 Å². The van der Waals surface area contributed by atoms with Crippen molar-refractivity contribution in [1.29, 1.82) is 0 Å². The van der Waals surface area contributed by atoms with E-state index in [0.29, 0.717) is 13.0 Å². The van der Waals surface area contributed by atoms with E-state index in [9.17, 15) is 4.79 Å². The summed E-state index contributed by atoms with van der Waals surface area (Å²) in [5, 5.41) is 0. The van der Waals surface area contributed by atoms with E-state index in [4.69, 9.17) is 4.98 Å². The predicted molar refractivity (Wildman–Crippen MR) is 161 cm³/mol. The summed E-state index contributed by atoms with van der Waals surface area (Å²) in [6.45, 7) is 6.07. The van der Waals surface area contributed by atoms with Gasteiger partial charge in [-0.25, -0.2) is 4.98 Å². The Morgan fingerprint density at radius 1 is 0.789 bits per heavy atom. The number of unbranched alkanes of at least 4 members (excludes halogenated alkanes) is 13. The molecular formula is C34H49N3O. The van der Waals surface area contributed by atoms with Crippen LogP contribution in [0, 0.1) is 6.92 Å². The fourth-order valence-electron chi connectivity index (χ4n) is 6.03. The van der Waals surface area contributed by atoms with Crippen molar-refractivity contribution in [3.8, 4) is 0 Å². The van der Waals surface area contributed by atoms with Crippen molar-refractivity contribution >= 4 is 22.6 Å². The molecule has 1 atom stereocenters. The average Bonchev–Trinajstić information content (AvgIpc) is 3.49. The first-order valence-electron chi connectivity index (χ1n) is 15.5. The second-order valence-corrected chi connectivity index (χ2v) is 11.5. The fourth-order valence-corrected chi connectivity index (χ4v) is 6.03. The highest BCUT2D eigenvalue weighted by Gasteiger charge is 2.34. The average molecular weight is 516 g/mol. The molecule has 206 valence electrons. The number of hydrogen-bond acceptors (Lipinski definition) is 2. The van der Waals surface area contributed by atoms with Crippen molar-refractivity contribution in [1.82, 2.24) is 9.55 Å². The maximum absolute atomic E-state index is 13.0. The summed E-state index contributed by atoms with van der Waals surface area (Å²) in [5.41, 5.74) is 4.45. The lowest BCUT2D eigenvalue weighted by Gasteiger charge is -2.18. The van der Waals surface area contributed by atoms with Crippen molar-refractivity contribution in [2.45, 2.75) is 123 Å². The number of amides is 1. The van der Waals surface area contributed by atoms with Gasteiger partial charge in [-0.15, -0.1) is 0 Å². The van der Waals surface area contributed by atoms with E-state index in [1.165, 1.54) is 101 Å². The first kappa shape index (κ1) is 28.4. The van der Waals surface area contributed by atoms with Crippen LogP contribution in [0.1, 0.15) is 121 Å². The minimum atomic E-state index is 0.141. The lowest BCUT2D eigenvalue weighted by molar-refractivity contribution is -0.117. The number of aromatic nitrogens is 2. The molecule has 0 N–H and O–H groups in total. The predicted octanol–water partition coefficient (Wildman–Crippen LogP) is 9.35. The Balaban J connectivity index is 1.22. The van der Waals surface area contributed by atoms with Crippen molar-refractivity contribution in [3.63, 3.8) is 0 Å². The lowest BCUT2D eigenvalue weighted by Crippen LogP contribution is -2.24. The molecule has 1 fully saturated rings. The zero-order chi connectivity index (χ0) is 26.6. The highest BCUT2D eigenvalue weighted by Crippen LogP contribution is 2.33. The number of para-hydroxylation sites is 2. The SMILES string of the molecule is CCCCCCCCCCCCCCCCn1c([C@@H]2CC(=O)N(c3cccc(C)c3)C2)nc2ccccc21. The van der Waals surface area contributed by atoms with E-state index in [1.807, 2.05) is 17.0 Å². The van der Waals surface area contributed by atoms with Crippen LogP contribution in [-0.2, 0) is 11.3 Å². The van der Waals surface area contributed by atoms with Gasteiger partial charge in [0.15, 0.2) is 0 Å². The van der Waals surface area contributed by atoms with Crippen LogP contribution in [0.2, 0.25) is 0 Å². The van der Waals surface area contributed by atoms with Crippen LogP contribution in [0.3, 0.4) is 0 Å². The number of hydrogen-bond donors (Lipinski definition) is 0. The summed E-state index contributed by atoms with van der Waals surface area (Å²) < 4.78 is 2.41. The van der Waals surface area contributed by atoms with Gasteiger partial charge in [0.2, 0.25) is 5.91 Å². The number of nitrogens with zero attached hydrogens (tertiary/aromatic N) is 3. The van der Waals surface area contributed by atoms with Crippen LogP contribution >= 0.6 is 0 Å². The monoisotopic (exact) mass is 515 g/mol. The molecule has 0 spiro atoms. The number of aryl methyl sites for hydroxylation is 2. The van der Waals surface area contributed by atoms with Crippen molar-refractivity contribution < 1.29 is 4.79 Å². The Hall–Kier alpha value is -2.62. The van der Waals surface area contributed by atoms with Gasteiger partial charge in [-0.05, 0) is 43.2 Å². The molecule has 1 aliphatic heterocycles. The summed E-state index contributed by atoms with van der Waals surface area (Å²) >= 11 is 0. The Bertz CT molecular complexity index is 1130. The molecule has 1 saturated heterocycles. The number of imidazole rings is 1. The van der Waals surface area contributed by atoms with Gasteiger partial charge >= 0.3 is 0 Å². The second kappa shape index (κ2) is 15.1. The number of carbonyl (C=O) groups excluding carboxylic acids is 1. The van der Waals surface area contributed by atoms with E-state index in [0.717, 1.165) is 23.6 Å². The third-order valence-corrected chi connectivity index (χ3v) is 8.22. The summed E-state index contributed by atoms with van der Waals surface area (Å²) in [5.74, 6) is 1.43. The van der Waals surface area contributed by atoms with Gasteiger partial charge in [0, 0.05) is 31.1 Å². The van der Waals surface area contributed by atoms with E-state index in [1.54, 1.807) is 0 Å². The summed E-state index contributed by atoms with van der Waals surface area (Å²) in [4.78, 5) is 20.0. The molecule has 1 aromatic heterocycles. The Kier molecular flexibility index (Phi) is 11.3. The summed E-state index contributed by atoms with van der Waals surface area (Å²) in [6, 6.07) is 16.7. The molecule has 4 heteroatoms. The highest BCUT2D eigenvalue weighted by atomic mass is 16.2. The number of fused-ring (bicyclic) bond motifs is 1. The molecule has 4 nitrogen and oxygen atoms in total. The maximum Gasteiger partial charge on any atom is 0.227 e. The van der Waals surface area contributed by atoms with E-state index in [2.05, 4.69) is 54.8 Å². The largest absolute Gasteiger partial charge is 0.328 e. The van der Waals surface area contributed by atoms with Gasteiger partial charge < -0.3 is 9.47 Å². The first-order valence-corrected chi connectivity index (χ1v) is 15.5. The van der Waals surface area contributed by atoms with Gasteiger partial charge in [-0.3, -0.25) is 4.79 Å².